The minimum Gasteiger partial charge on any atom is -0.430 e. The summed E-state index contributed by atoms with van der Waals surface area (Å²) in [7, 11) is 0. The molecule has 0 spiro atoms. The lowest BCUT2D eigenvalue weighted by molar-refractivity contribution is -0.177. The van der Waals surface area contributed by atoms with Gasteiger partial charge in [-0.2, -0.15) is 10.1 Å². The average molecular weight is 577 g/mol. The second-order valence-corrected chi connectivity index (χ2v) is 15.3. The second-order valence-electron chi connectivity index (χ2n) is 14.3. The summed E-state index contributed by atoms with van der Waals surface area (Å²) >= 11 is 1.21. The lowest BCUT2D eigenvalue weighted by atomic mass is 9.45. The number of hydrogen-bond acceptors (Lipinski definition) is 8. The molecule has 0 amide bonds. The Bertz CT molecular complexity index is 1540. The maximum Gasteiger partial charge on any atom is 0.258 e. The van der Waals surface area contributed by atoms with Crippen LogP contribution in [-0.2, 0) is 16.8 Å². The van der Waals surface area contributed by atoms with E-state index in [2.05, 4.69) is 55.3 Å². The Labute approximate surface area is 245 Å². The van der Waals surface area contributed by atoms with Gasteiger partial charge < -0.3 is 14.6 Å². The van der Waals surface area contributed by atoms with E-state index in [1.165, 1.54) is 28.6 Å². The van der Waals surface area contributed by atoms with Crippen LogP contribution in [0.5, 0.6) is 0 Å². The van der Waals surface area contributed by atoms with Crippen molar-refractivity contribution in [3.63, 3.8) is 0 Å². The van der Waals surface area contributed by atoms with E-state index in [0.717, 1.165) is 25.7 Å². The SMILES string of the molecule is CC12Cc3cnn(C(C)(C)C)c3C=C1CCC1C2[C@@H](O)CC2(C)C1CC[C@]2(O)C(=O)CSc1nc2ncccc2o1. The van der Waals surface area contributed by atoms with E-state index in [4.69, 9.17) is 9.52 Å². The first kappa shape index (κ1) is 27.3. The van der Waals surface area contributed by atoms with Crippen LogP contribution in [-0.4, -0.2) is 53.2 Å². The fraction of sp³-hybridized carbons (Fsp3) is 0.625. The molecule has 41 heavy (non-hydrogen) atoms. The van der Waals surface area contributed by atoms with Crippen molar-refractivity contribution in [1.82, 2.24) is 19.7 Å². The van der Waals surface area contributed by atoms with Gasteiger partial charge in [-0.25, -0.2) is 4.98 Å². The van der Waals surface area contributed by atoms with Crippen LogP contribution in [0.15, 0.2) is 39.7 Å². The number of hydrogen-bond donors (Lipinski definition) is 2. The van der Waals surface area contributed by atoms with Crippen LogP contribution in [0, 0.1) is 28.6 Å². The van der Waals surface area contributed by atoms with Crippen LogP contribution in [0.1, 0.15) is 78.0 Å². The summed E-state index contributed by atoms with van der Waals surface area (Å²) in [6.07, 6.45) is 9.89. The number of rotatable bonds is 4. The quantitative estimate of drug-likeness (QED) is 0.396. The number of allylic oxidation sites excluding steroid dienone is 1. The Morgan fingerprint density at radius 2 is 2.07 bits per heavy atom. The van der Waals surface area contributed by atoms with Crippen molar-refractivity contribution in [2.45, 2.75) is 95.6 Å². The molecule has 2 N–H and O–H groups in total. The van der Waals surface area contributed by atoms with E-state index < -0.39 is 17.1 Å². The fourth-order valence-electron chi connectivity index (χ4n) is 9.24. The van der Waals surface area contributed by atoms with Crippen molar-refractivity contribution < 1.29 is 19.4 Å². The summed E-state index contributed by atoms with van der Waals surface area (Å²) in [5.74, 6) is 0.392. The van der Waals surface area contributed by atoms with Crippen molar-refractivity contribution in [2.75, 3.05) is 5.75 Å². The molecule has 3 aromatic rings. The third-order valence-electron chi connectivity index (χ3n) is 11.1. The lowest BCUT2D eigenvalue weighted by Gasteiger charge is -2.60. The number of carbonyl (C=O) groups excluding carboxylic acids is 1. The molecule has 7 rings (SSSR count). The van der Waals surface area contributed by atoms with Crippen molar-refractivity contribution >= 4 is 34.9 Å². The minimum atomic E-state index is -1.48. The number of nitrogens with zero attached hydrogens (tertiary/aromatic N) is 4. The molecular weight excluding hydrogens is 536 g/mol. The van der Waals surface area contributed by atoms with Gasteiger partial charge in [-0.1, -0.05) is 31.2 Å². The molecule has 0 aliphatic heterocycles. The molecule has 3 saturated carbocycles. The largest absolute Gasteiger partial charge is 0.430 e. The number of Topliss-reactive ketones (excluding diaryl/α,β-unsaturated/α-hetero) is 1. The van der Waals surface area contributed by atoms with E-state index in [1.807, 2.05) is 6.20 Å². The van der Waals surface area contributed by atoms with Gasteiger partial charge in [0.25, 0.3) is 5.22 Å². The number of oxazole rings is 1. The highest BCUT2D eigenvalue weighted by atomic mass is 32.2. The molecule has 3 fully saturated rings. The standard InChI is InChI=1S/C32H40N4O4S/c1-29(2,3)36-22-13-19-8-9-20-21-10-11-32(39,25(38)17-41-28-35-27-24(40-28)7-6-12-33-27)31(21,5)15-23(37)26(20)30(19,4)14-18(22)16-34-36/h6-7,12-13,16,20-21,23,26,37,39H,8-11,14-15,17H2,1-5H3/t20?,21?,23-,26?,30?,31?,32-/m0/s1. The zero-order valence-electron chi connectivity index (χ0n) is 24.6. The predicted octanol–water partition coefficient (Wildman–Crippen LogP) is 5.42. The third-order valence-corrected chi connectivity index (χ3v) is 12.0. The first-order valence-corrected chi connectivity index (χ1v) is 15.9. The van der Waals surface area contributed by atoms with Crippen LogP contribution < -0.4 is 0 Å². The van der Waals surface area contributed by atoms with Gasteiger partial charge in [0.1, 0.15) is 5.60 Å². The molecular formula is C32H40N4O4S. The zero-order valence-corrected chi connectivity index (χ0v) is 25.4. The number of aliphatic hydroxyl groups excluding tert-OH is 1. The number of thioether (sulfide) groups is 1. The summed E-state index contributed by atoms with van der Waals surface area (Å²) in [6.45, 7) is 10.9. The molecule has 3 heterocycles. The summed E-state index contributed by atoms with van der Waals surface area (Å²) in [5.41, 5.74) is 2.53. The van der Waals surface area contributed by atoms with Gasteiger partial charge in [0.2, 0.25) is 0 Å². The zero-order chi connectivity index (χ0) is 28.9. The summed E-state index contributed by atoms with van der Waals surface area (Å²) in [4.78, 5) is 22.3. The van der Waals surface area contributed by atoms with E-state index >= 15 is 0 Å². The minimum absolute atomic E-state index is 0.0704. The summed E-state index contributed by atoms with van der Waals surface area (Å²) in [6, 6.07) is 3.58. The van der Waals surface area contributed by atoms with E-state index in [-0.39, 0.29) is 40.2 Å². The Morgan fingerprint density at radius 1 is 1.27 bits per heavy atom. The third kappa shape index (κ3) is 3.87. The van der Waals surface area contributed by atoms with Crippen molar-refractivity contribution in [3.8, 4) is 0 Å². The Balaban J connectivity index is 1.14. The smallest absolute Gasteiger partial charge is 0.258 e. The molecule has 218 valence electrons. The normalized spacial score (nSPS) is 36.3. The second kappa shape index (κ2) is 9.01. The van der Waals surface area contributed by atoms with Crippen LogP contribution >= 0.6 is 11.8 Å². The van der Waals surface area contributed by atoms with Gasteiger partial charge in [0, 0.05) is 11.6 Å². The van der Waals surface area contributed by atoms with E-state index in [0.29, 0.717) is 29.3 Å². The fourth-order valence-corrected chi connectivity index (χ4v) is 10.0. The Kier molecular flexibility index (Phi) is 6.01. The van der Waals surface area contributed by atoms with Gasteiger partial charge in [-0.05, 0) is 106 Å². The highest BCUT2D eigenvalue weighted by molar-refractivity contribution is 7.99. The van der Waals surface area contributed by atoms with Crippen LogP contribution in [0.25, 0.3) is 17.3 Å². The van der Waals surface area contributed by atoms with Gasteiger partial charge in [0.15, 0.2) is 17.0 Å². The number of pyridine rings is 1. The van der Waals surface area contributed by atoms with Crippen LogP contribution in [0.2, 0.25) is 0 Å². The number of aliphatic hydroxyl groups is 2. The number of fused-ring (bicyclic) bond motifs is 7. The molecule has 3 aromatic heterocycles. The van der Waals surface area contributed by atoms with Gasteiger partial charge in [0.05, 0.1) is 29.3 Å². The van der Waals surface area contributed by atoms with Gasteiger partial charge in [-0.3, -0.25) is 9.48 Å². The summed E-state index contributed by atoms with van der Waals surface area (Å²) in [5, 5.41) is 29.1. The van der Waals surface area contributed by atoms with Gasteiger partial charge >= 0.3 is 0 Å². The number of aromatic nitrogens is 4. The Morgan fingerprint density at radius 3 is 2.83 bits per heavy atom. The molecule has 0 aromatic carbocycles. The molecule has 8 nitrogen and oxygen atoms in total. The monoisotopic (exact) mass is 576 g/mol. The van der Waals surface area contributed by atoms with E-state index in [9.17, 15) is 15.0 Å². The molecule has 5 unspecified atom stereocenters. The number of ketones is 1. The molecule has 0 saturated heterocycles. The maximum absolute atomic E-state index is 13.7. The molecule has 0 bridgehead atoms. The molecule has 4 aliphatic carbocycles. The van der Waals surface area contributed by atoms with Crippen LogP contribution in [0.3, 0.4) is 0 Å². The Hall–Kier alpha value is -2.49. The highest BCUT2D eigenvalue weighted by Crippen LogP contribution is 2.67. The topological polar surface area (TPSA) is 114 Å². The van der Waals surface area contributed by atoms with Crippen LogP contribution in [0.4, 0.5) is 0 Å². The maximum atomic E-state index is 13.7. The van der Waals surface area contributed by atoms with Gasteiger partial charge in [-0.15, -0.1) is 0 Å². The molecule has 4 aliphatic rings. The highest BCUT2D eigenvalue weighted by Gasteiger charge is 2.68. The average Bonchev–Trinajstić information content (AvgIpc) is 3.59. The van der Waals surface area contributed by atoms with E-state index in [1.54, 1.807) is 18.3 Å². The lowest BCUT2D eigenvalue weighted by Crippen LogP contribution is -2.62. The number of carbonyl (C=O) groups is 1. The first-order chi connectivity index (χ1) is 19.3. The predicted molar refractivity (Wildman–Crippen MR) is 157 cm³/mol. The van der Waals surface area contributed by atoms with Crippen molar-refractivity contribution in [3.05, 3.63) is 41.4 Å². The summed E-state index contributed by atoms with van der Waals surface area (Å²) < 4.78 is 7.88. The molecule has 7 atom stereocenters. The molecule has 0 radical (unpaired) electrons. The first-order valence-electron chi connectivity index (χ1n) is 14.9. The molecule has 9 heteroatoms. The van der Waals surface area contributed by atoms with Crippen molar-refractivity contribution in [2.24, 2.45) is 28.6 Å². The van der Waals surface area contributed by atoms with Crippen molar-refractivity contribution in [1.29, 1.82) is 0 Å².